The highest BCUT2D eigenvalue weighted by Gasteiger charge is 2.15. The summed E-state index contributed by atoms with van der Waals surface area (Å²) in [6, 6.07) is 0. The largest absolute Gasteiger partial charge is 0.389 e. The Morgan fingerprint density at radius 3 is 2.67 bits per heavy atom. The first-order valence-electron chi connectivity index (χ1n) is 4.54. The Balaban J connectivity index is 3.19. The van der Waals surface area contributed by atoms with E-state index in [4.69, 9.17) is 4.74 Å². The second-order valence-corrected chi connectivity index (χ2v) is 3.37. The first kappa shape index (κ1) is 11.9. The van der Waals surface area contributed by atoms with E-state index in [1.165, 1.54) is 0 Å². The first-order chi connectivity index (χ1) is 5.62. The molecule has 3 heteroatoms. The van der Waals surface area contributed by atoms with Crippen LogP contribution in [0, 0.1) is 0 Å². The Labute approximate surface area is 75.1 Å². The fraction of sp³-hybridized carbons (Fsp3) is 1.00. The maximum Gasteiger partial charge on any atom is 0.0740 e. The highest BCUT2D eigenvalue weighted by molar-refractivity contribution is 4.72. The van der Waals surface area contributed by atoms with Crippen LogP contribution in [0.3, 0.4) is 0 Å². The zero-order chi connectivity index (χ0) is 9.45. The molecule has 0 aromatic heterocycles. The van der Waals surface area contributed by atoms with Crippen LogP contribution in [0.25, 0.3) is 0 Å². The summed E-state index contributed by atoms with van der Waals surface area (Å²) in [4.78, 5) is 0. The van der Waals surface area contributed by atoms with Crippen molar-refractivity contribution in [3.8, 4) is 0 Å². The van der Waals surface area contributed by atoms with Crippen LogP contribution >= 0.6 is 0 Å². The van der Waals surface area contributed by atoms with Crippen molar-refractivity contribution in [2.45, 2.75) is 32.3 Å². The topological polar surface area (TPSA) is 41.5 Å². The lowest BCUT2D eigenvalue weighted by Crippen LogP contribution is -2.37. The number of hydrogen-bond donors (Lipinski definition) is 2. The molecule has 0 heterocycles. The van der Waals surface area contributed by atoms with Crippen LogP contribution in [0.5, 0.6) is 0 Å². The number of aliphatic hydroxyl groups is 1. The highest BCUT2D eigenvalue weighted by Crippen LogP contribution is 2.05. The van der Waals surface area contributed by atoms with Crippen molar-refractivity contribution in [3.63, 3.8) is 0 Å². The molecule has 0 spiro atoms. The molecule has 0 saturated carbocycles. The van der Waals surface area contributed by atoms with Crippen LogP contribution in [-0.2, 0) is 4.74 Å². The van der Waals surface area contributed by atoms with Gasteiger partial charge in [-0.15, -0.1) is 0 Å². The fourth-order valence-electron chi connectivity index (χ4n) is 0.824. The second-order valence-electron chi connectivity index (χ2n) is 3.37. The molecule has 1 atom stereocenters. The fourth-order valence-corrected chi connectivity index (χ4v) is 0.824. The van der Waals surface area contributed by atoms with Crippen molar-refractivity contribution in [1.29, 1.82) is 0 Å². The molecule has 0 aliphatic rings. The molecule has 2 N–H and O–H groups in total. The molecular weight excluding hydrogens is 154 g/mol. The minimum Gasteiger partial charge on any atom is -0.389 e. The molecular formula is C9H21NO2. The summed E-state index contributed by atoms with van der Waals surface area (Å²) < 4.78 is 4.90. The normalized spacial score (nSPS) is 16.0. The lowest BCUT2D eigenvalue weighted by atomic mass is 10.0. The van der Waals surface area contributed by atoms with Gasteiger partial charge in [0, 0.05) is 20.3 Å². The SMILES string of the molecule is CCC(C)(O)CNCCCOC. The zero-order valence-electron chi connectivity index (χ0n) is 8.39. The van der Waals surface area contributed by atoms with E-state index >= 15 is 0 Å². The van der Waals surface area contributed by atoms with E-state index in [1.54, 1.807) is 7.11 Å². The molecule has 0 saturated heterocycles. The van der Waals surface area contributed by atoms with E-state index in [0.717, 1.165) is 26.0 Å². The van der Waals surface area contributed by atoms with E-state index in [2.05, 4.69) is 5.32 Å². The number of methoxy groups -OCH3 is 1. The van der Waals surface area contributed by atoms with Crippen LogP contribution in [0.2, 0.25) is 0 Å². The minimum absolute atomic E-state index is 0.562. The molecule has 1 unspecified atom stereocenters. The maximum absolute atomic E-state index is 9.59. The number of hydrogen-bond acceptors (Lipinski definition) is 3. The van der Waals surface area contributed by atoms with Crippen molar-refractivity contribution in [1.82, 2.24) is 5.32 Å². The lowest BCUT2D eigenvalue weighted by Gasteiger charge is -2.21. The van der Waals surface area contributed by atoms with E-state index in [9.17, 15) is 5.11 Å². The van der Waals surface area contributed by atoms with Crippen LogP contribution in [0.1, 0.15) is 26.7 Å². The Bertz CT molecular complexity index is 105. The number of nitrogens with one attached hydrogen (secondary N) is 1. The smallest absolute Gasteiger partial charge is 0.0740 e. The van der Waals surface area contributed by atoms with Gasteiger partial charge in [-0.05, 0) is 26.3 Å². The third-order valence-corrected chi connectivity index (χ3v) is 1.97. The molecule has 12 heavy (non-hydrogen) atoms. The lowest BCUT2D eigenvalue weighted by molar-refractivity contribution is 0.0554. The van der Waals surface area contributed by atoms with Gasteiger partial charge in [0.25, 0.3) is 0 Å². The Morgan fingerprint density at radius 1 is 1.50 bits per heavy atom. The molecule has 0 aliphatic heterocycles. The van der Waals surface area contributed by atoms with Gasteiger partial charge in [-0.25, -0.2) is 0 Å². The van der Waals surface area contributed by atoms with Crippen molar-refractivity contribution in [2.75, 3.05) is 26.8 Å². The van der Waals surface area contributed by atoms with Crippen LogP contribution in [0.4, 0.5) is 0 Å². The van der Waals surface area contributed by atoms with E-state index in [0.29, 0.717) is 6.54 Å². The first-order valence-corrected chi connectivity index (χ1v) is 4.54. The molecule has 0 rings (SSSR count). The summed E-state index contributed by atoms with van der Waals surface area (Å²) in [5, 5.41) is 12.8. The summed E-state index contributed by atoms with van der Waals surface area (Å²) >= 11 is 0. The van der Waals surface area contributed by atoms with Gasteiger partial charge in [-0.2, -0.15) is 0 Å². The van der Waals surface area contributed by atoms with Gasteiger partial charge in [-0.3, -0.25) is 0 Å². The summed E-state index contributed by atoms with van der Waals surface area (Å²) in [5.41, 5.74) is -0.562. The van der Waals surface area contributed by atoms with Gasteiger partial charge >= 0.3 is 0 Å². The van der Waals surface area contributed by atoms with Crippen LogP contribution in [0.15, 0.2) is 0 Å². The predicted octanol–water partition coefficient (Wildman–Crippen LogP) is 0.774. The molecule has 0 fully saturated rings. The van der Waals surface area contributed by atoms with E-state index in [-0.39, 0.29) is 0 Å². The van der Waals surface area contributed by atoms with Gasteiger partial charge in [0.2, 0.25) is 0 Å². The maximum atomic E-state index is 9.59. The van der Waals surface area contributed by atoms with Crippen LogP contribution in [-0.4, -0.2) is 37.5 Å². The molecule has 0 radical (unpaired) electrons. The molecule has 0 bridgehead atoms. The molecule has 74 valence electrons. The van der Waals surface area contributed by atoms with Crippen LogP contribution < -0.4 is 5.32 Å². The van der Waals surface area contributed by atoms with Gasteiger partial charge in [-0.1, -0.05) is 6.92 Å². The number of ether oxygens (including phenoxy) is 1. The third kappa shape index (κ3) is 6.58. The molecule has 0 amide bonds. The molecule has 3 nitrogen and oxygen atoms in total. The van der Waals surface area contributed by atoms with Gasteiger partial charge in [0.1, 0.15) is 0 Å². The summed E-state index contributed by atoms with van der Waals surface area (Å²) in [5.74, 6) is 0. The summed E-state index contributed by atoms with van der Waals surface area (Å²) in [6.45, 7) is 6.17. The van der Waals surface area contributed by atoms with Gasteiger partial charge in [0.15, 0.2) is 0 Å². The van der Waals surface area contributed by atoms with Gasteiger partial charge < -0.3 is 15.2 Å². The molecule has 0 aromatic rings. The Hall–Kier alpha value is -0.120. The van der Waals surface area contributed by atoms with Crippen molar-refractivity contribution in [2.24, 2.45) is 0 Å². The third-order valence-electron chi connectivity index (χ3n) is 1.97. The van der Waals surface area contributed by atoms with Crippen molar-refractivity contribution < 1.29 is 9.84 Å². The second kappa shape index (κ2) is 6.40. The zero-order valence-corrected chi connectivity index (χ0v) is 8.39. The van der Waals surface area contributed by atoms with Crippen molar-refractivity contribution >= 4 is 0 Å². The Morgan fingerprint density at radius 2 is 2.17 bits per heavy atom. The van der Waals surface area contributed by atoms with Gasteiger partial charge in [0.05, 0.1) is 5.60 Å². The minimum atomic E-state index is -0.562. The summed E-state index contributed by atoms with van der Waals surface area (Å²) in [7, 11) is 1.70. The monoisotopic (exact) mass is 175 g/mol. The molecule has 0 aliphatic carbocycles. The average molecular weight is 175 g/mol. The van der Waals surface area contributed by atoms with E-state index < -0.39 is 5.60 Å². The predicted molar refractivity (Wildman–Crippen MR) is 50.3 cm³/mol. The average Bonchev–Trinajstić information content (AvgIpc) is 2.04. The highest BCUT2D eigenvalue weighted by atomic mass is 16.5. The van der Waals surface area contributed by atoms with Crippen molar-refractivity contribution in [3.05, 3.63) is 0 Å². The Kier molecular flexibility index (Phi) is 6.34. The standard InChI is InChI=1S/C9H21NO2/c1-4-9(2,11)8-10-6-5-7-12-3/h10-11H,4-8H2,1-3H3. The number of rotatable bonds is 7. The molecule has 0 aromatic carbocycles. The quantitative estimate of drug-likeness (QED) is 0.562. The summed E-state index contributed by atoms with van der Waals surface area (Å²) in [6.07, 6.45) is 1.78. The van der Waals surface area contributed by atoms with E-state index in [1.807, 2.05) is 13.8 Å².